The van der Waals surface area contributed by atoms with E-state index in [0.717, 1.165) is 23.5 Å². The molecule has 0 saturated heterocycles. The van der Waals surface area contributed by atoms with Crippen molar-refractivity contribution in [3.05, 3.63) is 23.8 Å². The highest BCUT2D eigenvalue weighted by Crippen LogP contribution is 2.30. The number of benzene rings is 1. The summed E-state index contributed by atoms with van der Waals surface area (Å²) in [7, 11) is 3.28. The van der Waals surface area contributed by atoms with Gasteiger partial charge in [-0.3, -0.25) is 0 Å². The molecule has 1 rings (SSSR count). The highest BCUT2D eigenvalue weighted by atomic mass is 32.1. The topological polar surface area (TPSA) is 18.5 Å². The molecule has 0 aliphatic rings. The first kappa shape index (κ1) is 10.3. The number of ether oxygens (including phenoxy) is 2. The van der Waals surface area contributed by atoms with E-state index in [2.05, 4.69) is 0 Å². The van der Waals surface area contributed by atoms with Gasteiger partial charge in [0.05, 0.1) is 14.2 Å². The van der Waals surface area contributed by atoms with Gasteiger partial charge in [-0.05, 0) is 18.1 Å². The molecule has 71 valence electrons. The van der Waals surface area contributed by atoms with E-state index in [0.29, 0.717) is 5.75 Å². The molecule has 0 heterocycles. The van der Waals surface area contributed by atoms with E-state index < -0.39 is 0 Å². The Morgan fingerprint density at radius 1 is 1.23 bits per heavy atom. The maximum absolute atomic E-state index is 5.25. The molecule has 1 aromatic rings. The van der Waals surface area contributed by atoms with Crippen LogP contribution in [0.4, 0.5) is 0 Å². The lowest BCUT2D eigenvalue weighted by Crippen LogP contribution is -1.96. The summed E-state index contributed by atoms with van der Waals surface area (Å²) in [4.78, 5) is 0. The second-order valence-electron chi connectivity index (χ2n) is 2.61. The molecule has 0 saturated carbocycles. The molecule has 0 spiro atoms. The molecule has 0 aliphatic carbocycles. The summed E-state index contributed by atoms with van der Waals surface area (Å²) in [5.74, 6) is 2.27. The third kappa shape index (κ3) is 2.31. The fourth-order valence-electron chi connectivity index (χ4n) is 1.26. The Hall–Kier alpha value is -0.830. The second kappa shape index (κ2) is 5.02. The Labute approximate surface area is 84.3 Å². The van der Waals surface area contributed by atoms with E-state index in [1.165, 1.54) is 0 Å². The van der Waals surface area contributed by atoms with E-state index in [-0.39, 0.29) is 0 Å². The van der Waals surface area contributed by atoms with Crippen LogP contribution in [0.2, 0.25) is 0 Å². The van der Waals surface area contributed by atoms with Crippen LogP contribution in [-0.2, 0) is 6.42 Å². The zero-order chi connectivity index (χ0) is 9.68. The van der Waals surface area contributed by atoms with Gasteiger partial charge in [-0.25, -0.2) is 0 Å². The highest BCUT2D eigenvalue weighted by Gasteiger charge is 2.07. The van der Waals surface area contributed by atoms with Crippen LogP contribution in [0, 0.1) is 0 Å². The van der Waals surface area contributed by atoms with Gasteiger partial charge in [0.2, 0.25) is 0 Å². The van der Waals surface area contributed by atoms with Gasteiger partial charge in [0.15, 0.2) is 11.5 Å². The Kier molecular flexibility index (Phi) is 3.96. The highest BCUT2D eigenvalue weighted by molar-refractivity contribution is 7.80. The van der Waals surface area contributed by atoms with E-state index in [9.17, 15) is 0 Å². The molecule has 0 fully saturated rings. The monoisotopic (exact) mass is 197 g/mol. The molecule has 0 unspecified atom stereocenters. The van der Waals surface area contributed by atoms with Crippen molar-refractivity contribution in [3.63, 3.8) is 0 Å². The Balaban J connectivity index is 3.03. The zero-order valence-corrected chi connectivity index (χ0v) is 8.69. The molecule has 0 bridgehead atoms. The van der Waals surface area contributed by atoms with E-state index in [1.807, 2.05) is 18.2 Å². The van der Waals surface area contributed by atoms with Crippen LogP contribution >= 0.6 is 12.6 Å². The Morgan fingerprint density at radius 2 is 2.00 bits per heavy atom. The molecule has 1 aromatic carbocycles. The van der Waals surface area contributed by atoms with Crippen LogP contribution in [0.25, 0.3) is 0 Å². The maximum Gasteiger partial charge on any atom is 0.163 e. The number of hydrogen-bond acceptors (Lipinski definition) is 2. The molecule has 13 heavy (non-hydrogen) atoms. The van der Waals surface area contributed by atoms with Gasteiger partial charge in [-0.1, -0.05) is 24.8 Å². The predicted octanol–water partition coefficient (Wildman–Crippen LogP) is 2.44. The molecule has 0 amide bonds. The van der Waals surface area contributed by atoms with Crippen LogP contribution in [0.15, 0.2) is 18.2 Å². The SMILES string of the molecule is COc1cccc(CC[S])c1OC. The van der Waals surface area contributed by atoms with Gasteiger partial charge >= 0.3 is 0 Å². The fraction of sp³-hybridized carbons (Fsp3) is 0.400. The molecule has 0 aromatic heterocycles. The standard InChI is InChI=1S/C10H13O2S/c1-11-9-5-3-4-8(6-7-13)10(9)12-2/h3-5H,6-7H2,1-2H3. The van der Waals surface area contributed by atoms with Crippen molar-refractivity contribution in [2.45, 2.75) is 6.42 Å². The molecule has 1 radical (unpaired) electrons. The van der Waals surface area contributed by atoms with Crippen molar-refractivity contribution >= 4 is 12.6 Å². The van der Waals surface area contributed by atoms with Crippen LogP contribution < -0.4 is 9.47 Å². The van der Waals surface area contributed by atoms with E-state index >= 15 is 0 Å². The second-order valence-corrected chi connectivity index (χ2v) is 3.02. The number of hydrogen-bond donors (Lipinski definition) is 0. The largest absolute Gasteiger partial charge is 0.493 e. The molecule has 0 N–H and O–H groups in total. The molecule has 0 aliphatic heterocycles. The first-order valence-corrected chi connectivity index (χ1v) is 4.69. The minimum atomic E-state index is 0.698. The average molecular weight is 197 g/mol. The summed E-state index contributed by atoms with van der Waals surface area (Å²) in [6.45, 7) is 0. The van der Waals surface area contributed by atoms with Gasteiger partial charge in [0.1, 0.15) is 0 Å². The normalized spacial score (nSPS) is 9.77. The van der Waals surface area contributed by atoms with Gasteiger partial charge in [0.25, 0.3) is 0 Å². The van der Waals surface area contributed by atoms with Gasteiger partial charge in [-0.2, -0.15) is 0 Å². The van der Waals surface area contributed by atoms with E-state index in [1.54, 1.807) is 14.2 Å². The summed E-state index contributed by atoms with van der Waals surface area (Å²) in [5, 5.41) is 0. The minimum Gasteiger partial charge on any atom is -0.493 e. The first-order valence-electron chi connectivity index (χ1n) is 4.11. The van der Waals surface area contributed by atoms with Gasteiger partial charge in [0, 0.05) is 5.75 Å². The third-order valence-corrected chi connectivity index (χ3v) is 2.06. The average Bonchev–Trinajstić information content (AvgIpc) is 2.18. The smallest absolute Gasteiger partial charge is 0.163 e. The Morgan fingerprint density at radius 3 is 2.54 bits per heavy atom. The Bertz CT molecular complexity index is 274. The predicted molar refractivity (Wildman–Crippen MR) is 55.7 cm³/mol. The first-order chi connectivity index (χ1) is 6.33. The molecule has 0 atom stereocenters. The van der Waals surface area contributed by atoms with Crippen molar-refractivity contribution in [3.8, 4) is 11.5 Å². The summed E-state index contributed by atoms with van der Waals surface area (Å²) >= 11 is 4.92. The molecular weight excluding hydrogens is 184 g/mol. The van der Waals surface area contributed by atoms with Crippen LogP contribution in [0.1, 0.15) is 5.56 Å². The summed E-state index contributed by atoms with van der Waals surface area (Å²) < 4.78 is 10.4. The maximum atomic E-state index is 5.25. The van der Waals surface area contributed by atoms with Crippen molar-refractivity contribution in [1.82, 2.24) is 0 Å². The third-order valence-electron chi connectivity index (χ3n) is 1.86. The molecular formula is C10H13O2S. The van der Waals surface area contributed by atoms with Crippen molar-refractivity contribution in [2.24, 2.45) is 0 Å². The van der Waals surface area contributed by atoms with Crippen molar-refractivity contribution in [1.29, 1.82) is 0 Å². The lowest BCUT2D eigenvalue weighted by molar-refractivity contribution is 0.352. The van der Waals surface area contributed by atoms with Crippen molar-refractivity contribution < 1.29 is 9.47 Å². The lowest BCUT2D eigenvalue weighted by atomic mass is 10.1. The van der Waals surface area contributed by atoms with Crippen LogP contribution in [0.3, 0.4) is 0 Å². The number of methoxy groups -OCH3 is 2. The van der Waals surface area contributed by atoms with Crippen LogP contribution in [0.5, 0.6) is 11.5 Å². The summed E-state index contributed by atoms with van der Waals surface area (Å²) in [5.41, 5.74) is 1.11. The van der Waals surface area contributed by atoms with Crippen LogP contribution in [-0.4, -0.2) is 20.0 Å². The van der Waals surface area contributed by atoms with Gasteiger partial charge in [-0.15, -0.1) is 0 Å². The van der Waals surface area contributed by atoms with E-state index in [4.69, 9.17) is 22.1 Å². The molecule has 2 nitrogen and oxygen atoms in total. The zero-order valence-electron chi connectivity index (χ0n) is 7.87. The number of rotatable bonds is 4. The fourth-order valence-corrected chi connectivity index (χ4v) is 1.48. The molecule has 3 heteroatoms. The van der Waals surface area contributed by atoms with Crippen molar-refractivity contribution in [2.75, 3.05) is 20.0 Å². The number of aryl methyl sites for hydroxylation is 1. The summed E-state index contributed by atoms with van der Waals surface area (Å²) in [6, 6.07) is 5.83. The number of para-hydroxylation sites is 1. The quantitative estimate of drug-likeness (QED) is 0.738. The summed E-state index contributed by atoms with van der Waals surface area (Å²) in [6.07, 6.45) is 0.843. The lowest BCUT2D eigenvalue weighted by Gasteiger charge is -2.11. The van der Waals surface area contributed by atoms with Gasteiger partial charge < -0.3 is 9.47 Å². The minimum absolute atomic E-state index is 0.698.